The molecule has 0 unspecified atom stereocenters. The number of rotatable bonds is 4. The molecule has 5 rings (SSSR count). The van der Waals surface area contributed by atoms with Crippen LogP contribution in [0.3, 0.4) is 0 Å². The van der Waals surface area contributed by atoms with Gasteiger partial charge < -0.3 is 19.3 Å². The Kier molecular flexibility index (Phi) is 6.64. The highest BCUT2D eigenvalue weighted by atomic mass is 19.1. The summed E-state index contributed by atoms with van der Waals surface area (Å²) in [5.74, 6) is 0.162. The first kappa shape index (κ1) is 25.4. The van der Waals surface area contributed by atoms with Crippen LogP contribution in [0.15, 0.2) is 48.8 Å². The predicted octanol–water partition coefficient (Wildman–Crippen LogP) is 4.51. The highest BCUT2D eigenvalue weighted by Crippen LogP contribution is 2.38. The van der Waals surface area contributed by atoms with E-state index in [4.69, 9.17) is 9.47 Å². The lowest BCUT2D eigenvalue weighted by Gasteiger charge is -2.36. The second kappa shape index (κ2) is 9.92. The van der Waals surface area contributed by atoms with Gasteiger partial charge >= 0.3 is 6.09 Å². The molecule has 0 saturated carbocycles. The molecule has 1 fully saturated rings. The SMILES string of the molecule is COc1cccc(F)c1-c1nccc2c1CN(c1ccc(N3CCN(C(=O)OC(C)(C)C)CC3)cn1)C2=O. The molecular weight excluding hydrogens is 489 g/mol. The van der Waals surface area contributed by atoms with Crippen molar-refractivity contribution >= 4 is 23.5 Å². The van der Waals surface area contributed by atoms with E-state index in [1.54, 1.807) is 40.3 Å². The number of hydrogen-bond donors (Lipinski definition) is 0. The molecule has 0 spiro atoms. The maximum Gasteiger partial charge on any atom is 0.410 e. The quantitative estimate of drug-likeness (QED) is 0.501. The van der Waals surface area contributed by atoms with Crippen molar-refractivity contribution < 1.29 is 23.5 Å². The van der Waals surface area contributed by atoms with E-state index < -0.39 is 11.4 Å². The molecule has 1 aromatic carbocycles. The molecule has 9 nitrogen and oxygen atoms in total. The van der Waals surface area contributed by atoms with Crippen molar-refractivity contribution in [3.63, 3.8) is 0 Å². The molecule has 2 aliphatic heterocycles. The number of hydrogen-bond acceptors (Lipinski definition) is 7. The highest BCUT2D eigenvalue weighted by Gasteiger charge is 2.33. The Morgan fingerprint density at radius 1 is 1.03 bits per heavy atom. The Hall–Kier alpha value is -4.21. The standard InChI is InChI=1S/C28H30FN5O4/c1-28(2,3)38-27(36)33-14-12-32(13-15-33)18-8-9-23(31-16-18)34-17-20-19(26(34)35)10-11-30-25(20)24-21(29)6-5-7-22(24)37-4/h5-11,16H,12-15,17H2,1-4H3. The summed E-state index contributed by atoms with van der Waals surface area (Å²) in [5.41, 5.74) is 2.08. The second-order valence-electron chi connectivity index (χ2n) is 10.2. The van der Waals surface area contributed by atoms with Crippen LogP contribution < -0.4 is 14.5 Å². The van der Waals surface area contributed by atoms with Gasteiger partial charge in [-0.1, -0.05) is 6.07 Å². The van der Waals surface area contributed by atoms with Crippen molar-refractivity contribution in [3.05, 3.63) is 65.7 Å². The first-order valence-electron chi connectivity index (χ1n) is 12.5. The number of carbonyl (C=O) groups is 2. The van der Waals surface area contributed by atoms with Crippen LogP contribution in [0.4, 0.5) is 20.7 Å². The zero-order valence-corrected chi connectivity index (χ0v) is 21.9. The van der Waals surface area contributed by atoms with Gasteiger partial charge in [0.2, 0.25) is 0 Å². The first-order chi connectivity index (χ1) is 18.2. The van der Waals surface area contributed by atoms with Crippen LogP contribution in [0.1, 0.15) is 36.7 Å². The average molecular weight is 520 g/mol. The fraction of sp³-hybridized carbons (Fsp3) is 0.357. The summed E-state index contributed by atoms with van der Waals surface area (Å²) in [5, 5.41) is 0. The number of halogens is 1. The van der Waals surface area contributed by atoms with E-state index in [-0.39, 0.29) is 24.1 Å². The third-order valence-corrected chi connectivity index (χ3v) is 6.59. The van der Waals surface area contributed by atoms with Gasteiger partial charge in [0, 0.05) is 43.5 Å². The summed E-state index contributed by atoms with van der Waals surface area (Å²) in [7, 11) is 1.47. The predicted molar refractivity (Wildman–Crippen MR) is 141 cm³/mol. The van der Waals surface area contributed by atoms with Gasteiger partial charge in [0.15, 0.2) is 0 Å². The van der Waals surface area contributed by atoms with Gasteiger partial charge in [-0.3, -0.25) is 14.7 Å². The monoisotopic (exact) mass is 519 g/mol. The van der Waals surface area contributed by atoms with Crippen molar-refractivity contribution in [1.29, 1.82) is 0 Å². The number of anilines is 2. The number of carbonyl (C=O) groups excluding carboxylic acids is 2. The minimum Gasteiger partial charge on any atom is -0.496 e. The number of ether oxygens (including phenoxy) is 2. The zero-order valence-electron chi connectivity index (χ0n) is 21.9. The summed E-state index contributed by atoms with van der Waals surface area (Å²) in [6, 6.07) is 9.95. The molecular formula is C28H30FN5O4. The maximum atomic E-state index is 14.8. The number of aromatic nitrogens is 2. The minimum atomic E-state index is -0.529. The Morgan fingerprint density at radius 2 is 1.79 bits per heavy atom. The topological polar surface area (TPSA) is 88.1 Å². The Bertz CT molecular complexity index is 1360. The largest absolute Gasteiger partial charge is 0.496 e. The number of fused-ring (bicyclic) bond motifs is 1. The Balaban J connectivity index is 1.31. The van der Waals surface area contributed by atoms with Crippen molar-refractivity contribution in [3.8, 4) is 17.0 Å². The van der Waals surface area contributed by atoms with E-state index in [1.165, 1.54) is 19.4 Å². The van der Waals surface area contributed by atoms with E-state index in [1.807, 2.05) is 26.8 Å². The molecule has 38 heavy (non-hydrogen) atoms. The Morgan fingerprint density at radius 3 is 2.45 bits per heavy atom. The van der Waals surface area contributed by atoms with Crippen molar-refractivity contribution in [2.75, 3.05) is 43.1 Å². The third kappa shape index (κ3) is 4.85. The molecule has 4 heterocycles. The number of piperazine rings is 1. The van der Waals surface area contributed by atoms with Crippen LogP contribution in [-0.4, -0.2) is 65.8 Å². The Labute approximate surface area is 220 Å². The summed E-state index contributed by atoms with van der Waals surface area (Å²) in [4.78, 5) is 40.0. The molecule has 0 radical (unpaired) electrons. The fourth-order valence-electron chi connectivity index (χ4n) is 4.73. The fourth-order valence-corrected chi connectivity index (χ4v) is 4.73. The smallest absolute Gasteiger partial charge is 0.410 e. The maximum absolute atomic E-state index is 14.8. The van der Waals surface area contributed by atoms with Crippen molar-refractivity contribution in [2.24, 2.45) is 0 Å². The third-order valence-electron chi connectivity index (χ3n) is 6.59. The molecule has 1 saturated heterocycles. The molecule has 10 heteroatoms. The van der Waals surface area contributed by atoms with Crippen molar-refractivity contribution in [2.45, 2.75) is 32.9 Å². The van der Waals surface area contributed by atoms with Gasteiger partial charge in [-0.15, -0.1) is 0 Å². The zero-order chi connectivity index (χ0) is 27.0. The highest BCUT2D eigenvalue weighted by molar-refractivity contribution is 6.10. The second-order valence-corrected chi connectivity index (χ2v) is 10.2. The van der Waals surface area contributed by atoms with Crippen LogP contribution in [0.25, 0.3) is 11.3 Å². The van der Waals surface area contributed by atoms with Gasteiger partial charge in [0.05, 0.1) is 36.8 Å². The summed E-state index contributed by atoms with van der Waals surface area (Å²) >= 11 is 0. The van der Waals surface area contributed by atoms with Crippen LogP contribution in [0.5, 0.6) is 5.75 Å². The van der Waals surface area contributed by atoms with E-state index in [9.17, 15) is 14.0 Å². The van der Waals surface area contributed by atoms with Crippen LogP contribution in [0.2, 0.25) is 0 Å². The lowest BCUT2D eigenvalue weighted by Crippen LogP contribution is -2.50. The van der Waals surface area contributed by atoms with E-state index >= 15 is 0 Å². The number of methoxy groups -OCH3 is 1. The molecule has 3 aromatic rings. The number of benzene rings is 1. The molecule has 2 aromatic heterocycles. The normalized spacial score (nSPS) is 15.5. The van der Waals surface area contributed by atoms with Crippen LogP contribution in [-0.2, 0) is 11.3 Å². The summed E-state index contributed by atoms with van der Waals surface area (Å²) < 4.78 is 25.6. The van der Waals surface area contributed by atoms with Crippen LogP contribution in [0, 0.1) is 5.82 Å². The lowest BCUT2D eigenvalue weighted by atomic mass is 10.0. The van der Waals surface area contributed by atoms with Gasteiger partial charge in [0.25, 0.3) is 5.91 Å². The summed E-state index contributed by atoms with van der Waals surface area (Å²) in [6.07, 6.45) is 2.93. The van der Waals surface area contributed by atoms with Crippen molar-refractivity contribution in [1.82, 2.24) is 14.9 Å². The molecule has 2 amide bonds. The van der Waals surface area contributed by atoms with Gasteiger partial charge in [-0.05, 0) is 51.1 Å². The molecule has 0 bridgehead atoms. The molecule has 0 atom stereocenters. The molecule has 0 aliphatic carbocycles. The number of amides is 2. The molecule has 198 valence electrons. The van der Waals surface area contributed by atoms with E-state index in [2.05, 4.69) is 14.9 Å². The lowest BCUT2D eigenvalue weighted by molar-refractivity contribution is 0.0240. The van der Waals surface area contributed by atoms with Gasteiger partial charge in [-0.25, -0.2) is 14.2 Å². The molecule has 2 aliphatic rings. The van der Waals surface area contributed by atoms with E-state index in [0.29, 0.717) is 54.6 Å². The number of pyridine rings is 2. The minimum absolute atomic E-state index is 0.217. The van der Waals surface area contributed by atoms with E-state index in [0.717, 1.165) is 5.69 Å². The first-order valence-corrected chi connectivity index (χ1v) is 12.5. The summed E-state index contributed by atoms with van der Waals surface area (Å²) in [6.45, 7) is 8.17. The number of nitrogens with zero attached hydrogens (tertiary/aromatic N) is 5. The van der Waals surface area contributed by atoms with Gasteiger partial charge in [0.1, 0.15) is 23.0 Å². The van der Waals surface area contributed by atoms with Gasteiger partial charge in [-0.2, -0.15) is 0 Å². The molecule has 0 N–H and O–H groups in total. The average Bonchev–Trinajstić information content (AvgIpc) is 3.24. The van der Waals surface area contributed by atoms with Crippen LogP contribution >= 0.6 is 0 Å².